The van der Waals surface area contributed by atoms with Crippen LogP contribution in [0.4, 0.5) is 5.82 Å². The van der Waals surface area contributed by atoms with Crippen molar-refractivity contribution in [2.24, 2.45) is 12.8 Å². The third kappa shape index (κ3) is 6.13. The number of nitrogen functional groups attached to an aromatic ring is 1. The largest absolute Gasteiger partial charge is 0.390 e. The number of primary amides is 1. The number of nitrogens with two attached hydrogens (primary N) is 2. The molecule has 0 spiro atoms. The van der Waals surface area contributed by atoms with Crippen LogP contribution < -0.4 is 11.5 Å². The lowest BCUT2D eigenvalue weighted by Gasteiger charge is -2.10. The third-order valence-electron chi connectivity index (χ3n) is 5.18. The van der Waals surface area contributed by atoms with Crippen molar-refractivity contribution in [2.75, 3.05) is 5.73 Å². The molecular weight excluding hydrogens is 394 g/mol. The summed E-state index contributed by atoms with van der Waals surface area (Å²) in [6, 6.07) is 11.9. The fourth-order valence-corrected chi connectivity index (χ4v) is 3.56. The molecule has 8 nitrogen and oxygen atoms in total. The maximum Gasteiger partial charge on any atom is 0.252 e. The van der Waals surface area contributed by atoms with Gasteiger partial charge in [-0.05, 0) is 24.5 Å². The Hall–Kier alpha value is -3.23. The van der Waals surface area contributed by atoms with Crippen LogP contribution >= 0.6 is 0 Å². The number of aliphatic hydroxyl groups excluding tert-OH is 1. The van der Waals surface area contributed by atoms with Gasteiger partial charge in [-0.3, -0.25) is 9.48 Å². The van der Waals surface area contributed by atoms with Crippen LogP contribution in [0, 0.1) is 0 Å². The van der Waals surface area contributed by atoms with E-state index in [2.05, 4.69) is 34.3 Å². The molecule has 0 saturated heterocycles. The Balaban J connectivity index is 0.000000185. The molecule has 1 aromatic carbocycles. The number of benzene rings is 1. The van der Waals surface area contributed by atoms with Crippen LogP contribution in [-0.4, -0.2) is 31.9 Å². The van der Waals surface area contributed by atoms with Gasteiger partial charge < -0.3 is 21.3 Å². The molecule has 1 aliphatic carbocycles. The zero-order valence-corrected chi connectivity index (χ0v) is 17.7. The normalized spacial score (nSPS) is 13.6. The lowest BCUT2D eigenvalue weighted by atomic mass is 10.1. The number of hydrogen-bond donors (Lipinski definition) is 3. The van der Waals surface area contributed by atoms with Crippen molar-refractivity contribution in [1.29, 1.82) is 0 Å². The van der Waals surface area contributed by atoms with Crippen molar-refractivity contribution in [3.63, 3.8) is 0 Å². The molecule has 5 N–H and O–H groups in total. The predicted octanol–water partition coefficient (Wildman–Crippen LogP) is 2.80. The Bertz CT molecular complexity index is 998. The second-order valence-corrected chi connectivity index (χ2v) is 7.55. The molecule has 1 fully saturated rings. The summed E-state index contributed by atoms with van der Waals surface area (Å²) in [5.74, 6) is -0.558. The van der Waals surface area contributed by atoms with Crippen molar-refractivity contribution in [1.82, 2.24) is 14.8 Å². The molecule has 1 aliphatic rings. The summed E-state index contributed by atoms with van der Waals surface area (Å²) in [7, 11) is 1.74. The van der Waals surface area contributed by atoms with Crippen LogP contribution in [0.5, 0.6) is 0 Å². The van der Waals surface area contributed by atoms with E-state index in [0.29, 0.717) is 22.9 Å². The van der Waals surface area contributed by atoms with Gasteiger partial charge in [0.05, 0.1) is 30.6 Å². The Morgan fingerprint density at radius 2 is 1.97 bits per heavy atom. The number of pyridine rings is 1. The number of carbonyl (C=O) groups is 1. The van der Waals surface area contributed by atoms with E-state index < -0.39 is 5.91 Å². The maximum atomic E-state index is 11.2. The molecule has 2 aromatic heterocycles. The summed E-state index contributed by atoms with van der Waals surface area (Å²) in [5.41, 5.74) is 14.0. The van der Waals surface area contributed by atoms with Crippen LogP contribution in [0.1, 0.15) is 47.3 Å². The molecule has 8 heteroatoms. The van der Waals surface area contributed by atoms with Crippen molar-refractivity contribution < 1.29 is 14.6 Å². The Morgan fingerprint density at radius 1 is 1.26 bits per heavy atom. The SMILES string of the molecule is Cn1cc(-c2cnc(N)c(C(N)=O)c2)c(CO)n1.c1ccc(COC2CCCC2)cc1. The molecule has 0 atom stereocenters. The minimum atomic E-state index is -0.642. The second-order valence-electron chi connectivity index (χ2n) is 7.55. The Morgan fingerprint density at radius 3 is 2.61 bits per heavy atom. The fourth-order valence-electron chi connectivity index (χ4n) is 3.56. The zero-order chi connectivity index (χ0) is 22.2. The van der Waals surface area contributed by atoms with Gasteiger partial charge in [-0.25, -0.2) is 4.98 Å². The molecule has 0 aliphatic heterocycles. The smallest absolute Gasteiger partial charge is 0.252 e. The van der Waals surface area contributed by atoms with E-state index in [0.717, 1.165) is 6.61 Å². The number of nitrogens with zero attached hydrogens (tertiary/aromatic N) is 3. The number of carbonyl (C=O) groups excluding carboxylic acids is 1. The Kier molecular flexibility index (Phi) is 7.75. The van der Waals surface area contributed by atoms with Gasteiger partial charge in [0, 0.05) is 30.6 Å². The maximum absolute atomic E-state index is 11.2. The first-order valence-electron chi connectivity index (χ1n) is 10.3. The number of aromatic nitrogens is 3. The molecular formula is C23H29N5O3. The van der Waals surface area contributed by atoms with Gasteiger partial charge in [-0.2, -0.15) is 5.10 Å². The second kappa shape index (κ2) is 10.7. The number of aryl methyl sites for hydroxylation is 1. The average molecular weight is 424 g/mol. The molecule has 0 radical (unpaired) electrons. The zero-order valence-electron chi connectivity index (χ0n) is 17.7. The lowest BCUT2D eigenvalue weighted by Crippen LogP contribution is -2.14. The van der Waals surface area contributed by atoms with Gasteiger partial charge in [-0.15, -0.1) is 0 Å². The highest BCUT2D eigenvalue weighted by Crippen LogP contribution is 2.25. The highest BCUT2D eigenvalue weighted by atomic mass is 16.5. The van der Waals surface area contributed by atoms with Crippen molar-refractivity contribution in [3.8, 4) is 11.1 Å². The highest BCUT2D eigenvalue weighted by molar-refractivity contribution is 5.98. The number of anilines is 1. The molecule has 1 saturated carbocycles. The van der Waals surface area contributed by atoms with E-state index in [1.807, 2.05) is 6.07 Å². The first-order chi connectivity index (χ1) is 15.0. The summed E-state index contributed by atoms with van der Waals surface area (Å²) in [4.78, 5) is 15.1. The summed E-state index contributed by atoms with van der Waals surface area (Å²) < 4.78 is 7.36. The van der Waals surface area contributed by atoms with Crippen molar-refractivity contribution in [2.45, 2.75) is 45.0 Å². The fraction of sp³-hybridized carbons (Fsp3) is 0.348. The van der Waals surface area contributed by atoms with Crippen LogP contribution in [-0.2, 0) is 25.0 Å². The number of amides is 1. The summed E-state index contributed by atoms with van der Waals surface area (Å²) in [6.45, 7) is 0.581. The minimum absolute atomic E-state index is 0.0840. The van der Waals surface area contributed by atoms with E-state index in [-0.39, 0.29) is 18.0 Å². The number of hydrogen-bond acceptors (Lipinski definition) is 6. The van der Waals surface area contributed by atoms with Crippen molar-refractivity contribution >= 4 is 11.7 Å². The van der Waals surface area contributed by atoms with Gasteiger partial charge in [0.2, 0.25) is 0 Å². The molecule has 31 heavy (non-hydrogen) atoms. The molecule has 164 valence electrons. The number of rotatable bonds is 6. The standard InChI is InChI=1S/C12H16O.C11H13N5O2/c1-2-6-11(7-3-1)10-13-12-8-4-5-9-12;1-16-4-8(9(5-17)15-16)6-2-7(11(13)18)10(12)14-3-6/h1-3,6-7,12H,4-5,8-10H2;2-4,17H,5H2,1H3,(H2,12,14)(H2,13,18). The van der Waals surface area contributed by atoms with Crippen LogP contribution in [0.15, 0.2) is 48.8 Å². The van der Waals surface area contributed by atoms with E-state index in [4.69, 9.17) is 16.2 Å². The minimum Gasteiger partial charge on any atom is -0.390 e. The average Bonchev–Trinajstić information content (AvgIpc) is 3.43. The van der Waals surface area contributed by atoms with Gasteiger partial charge in [0.15, 0.2) is 0 Å². The molecule has 2 heterocycles. The predicted molar refractivity (Wildman–Crippen MR) is 119 cm³/mol. The molecule has 3 aromatic rings. The first-order valence-corrected chi connectivity index (χ1v) is 10.3. The summed E-state index contributed by atoms with van der Waals surface area (Å²) >= 11 is 0. The van der Waals surface area contributed by atoms with Crippen LogP contribution in [0.25, 0.3) is 11.1 Å². The highest BCUT2D eigenvalue weighted by Gasteiger charge is 2.15. The molecule has 0 unspecified atom stereocenters. The summed E-state index contributed by atoms with van der Waals surface area (Å²) in [6.07, 6.45) is 8.97. The Labute approximate surface area is 181 Å². The van der Waals surface area contributed by atoms with Crippen LogP contribution in [0.3, 0.4) is 0 Å². The van der Waals surface area contributed by atoms with E-state index in [1.165, 1.54) is 37.4 Å². The number of ether oxygens (including phenoxy) is 1. The lowest BCUT2D eigenvalue weighted by molar-refractivity contribution is 0.0457. The van der Waals surface area contributed by atoms with Crippen LogP contribution in [0.2, 0.25) is 0 Å². The third-order valence-corrected chi connectivity index (χ3v) is 5.18. The van der Waals surface area contributed by atoms with Crippen molar-refractivity contribution in [3.05, 3.63) is 65.6 Å². The summed E-state index contributed by atoms with van der Waals surface area (Å²) in [5, 5.41) is 13.3. The van der Waals surface area contributed by atoms with Gasteiger partial charge in [0.1, 0.15) is 5.82 Å². The van der Waals surface area contributed by atoms with Gasteiger partial charge in [0.25, 0.3) is 5.91 Å². The van der Waals surface area contributed by atoms with E-state index in [9.17, 15) is 9.90 Å². The molecule has 4 rings (SSSR count). The van der Waals surface area contributed by atoms with E-state index in [1.54, 1.807) is 24.0 Å². The van der Waals surface area contributed by atoms with E-state index >= 15 is 0 Å². The molecule has 0 bridgehead atoms. The van der Waals surface area contributed by atoms with Gasteiger partial charge in [-0.1, -0.05) is 43.2 Å². The monoisotopic (exact) mass is 423 g/mol. The molecule has 1 amide bonds. The number of aliphatic hydroxyl groups is 1. The topological polar surface area (TPSA) is 129 Å². The van der Waals surface area contributed by atoms with Gasteiger partial charge >= 0.3 is 0 Å². The first kappa shape index (κ1) is 22.5. The quantitative estimate of drug-likeness (QED) is 0.559.